The molecule has 0 amide bonds. The average molecular weight is 435 g/mol. The molecule has 0 radical (unpaired) electrons. The van der Waals surface area contributed by atoms with Gasteiger partial charge in [0.2, 0.25) is 0 Å². The molecule has 8 heteroatoms. The highest BCUT2D eigenvalue weighted by molar-refractivity contribution is 7.86. The van der Waals surface area contributed by atoms with Crippen LogP contribution >= 0.6 is 11.3 Å². The van der Waals surface area contributed by atoms with E-state index < -0.39 is 15.4 Å². The Morgan fingerprint density at radius 2 is 1.86 bits per heavy atom. The van der Waals surface area contributed by atoms with Crippen LogP contribution in [0.4, 0.5) is 0 Å². The first kappa shape index (κ1) is 23.4. The molecule has 1 aliphatic rings. The number of fused-ring (bicyclic) bond motifs is 1. The van der Waals surface area contributed by atoms with E-state index in [2.05, 4.69) is 41.5 Å². The quantitative estimate of drug-likeness (QED) is 0.477. The van der Waals surface area contributed by atoms with Crippen molar-refractivity contribution in [3.8, 4) is 11.5 Å². The van der Waals surface area contributed by atoms with Crippen molar-refractivity contribution in [2.75, 3.05) is 19.8 Å². The molecule has 6 nitrogen and oxygen atoms in total. The van der Waals surface area contributed by atoms with Crippen molar-refractivity contribution >= 4 is 21.5 Å². The summed E-state index contributed by atoms with van der Waals surface area (Å²) in [4.78, 5) is 2.39. The fourth-order valence-corrected chi connectivity index (χ4v) is 4.61. The van der Waals surface area contributed by atoms with Crippen LogP contribution in [-0.2, 0) is 25.7 Å². The average Bonchev–Trinajstić information content (AvgIpc) is 2.97. The van der Waals surface area contributed by atoms with Crippen molar-refractivity contribution in [3.05, 3.63) is 9.75 Å². The van der Waals surface area contributed by atoms with Crippen molar-refractivity contribution < 1.29 is 27.2 Å². The Morgan fingerprint density at radius 3 is 2.39 bits per heavy atom. The molecule has 0 saturated heterocycles. The summed E-state index contributed by atoms with van der Waals surface area (Å²) in [6.45, 7) is 15.5. The van der Waals surface area contributed by atoms with Crippen molar-refractivity contribution in [2.45, 2.75) is 83.5 Å². The highest BCUT2D eigenvalue weighted by Gasteiger charge is 2.38. The highest BCUT2D eigenvalue weighted by Crippen LogP contribution is 2.53. The lowest BCUT2D eigenvalue weighted by Crippen LogP contribution is -2.34. The van der Waals surface area contributed by atoms with Gasteiger partial charge in [-0.3, -0.25) is 4.55 Å². The van der Waals surface area contributed by atoms with Gasteiger partial charge >= 0.3 is 0 Å². The van der Waals surface area contributed by atoms with Gasteiger partial charge in [0, 0.05) is 17.4 Å². The van der Waals surface area contributed by atoms with Crippen LogP contribution in [0.25, 0.3) is 0 Å². The molecular weight excluding hydrogens is 400 g/mol. The minimum Gasteiger partial charge on any atom is -0.485 e. The summed E-state index contributed by atoms with van der Waals surface area (Å²) in [6.07, 6.45) is 0.991. The summed E-state index contributed by atoms with van der Waals surface area (Å²) in [6, 6.07) is 0. The molecule has 1 aromatic heterocycles. The van der Waals surface area contributed by atoms with Gasteiger partial charge in [0.25, 0.3) is 10.1 Å². The summed E-state index contributed by atoms with van der Waals surface area (Å²) >= 11 is 1.77. The van der Waals surface area contributed by atoms with Crippen LogP contribution in [0.5, 0.6) is 11.5 Å². The van der Waals surface area contributed by atoms with E-state index in [1.807, 2.05) is 0 Å². The summed E-state index contributed by atoms with van der Waals surface area (Å²) in [5, 5.41) is -0.842. The molecular formula is C20H34O6S2. The molecule has 2 rings (SSSR count). The molecule has 0 bridgehead atoms. The Labute approximate surface area is 173 Å². The first-order chi connectivity index (χ1) is 12.8. The van der Waals surface area contributed by atoms with Crippen LogP contribution in [0.15, 0.2) is 0 Å². The van der Waals surface area contributed by atoms with Crippen LogP contribution in [0.1, 0.15) is 71.1 Å². The van der Waals surface area contributed by atoms with E-state index in [1.165, 1.54) is 16.7 Å². The van der Waals surface area contributed by atoms with Crippen molar-refractivity contribution in [1.82, 2.24) is 0 Å². The third-order valence-corrected chi connectivity index (χ3v) is 8.38. The van der Waals surface area contributed by atoms with Crippen LogP contribution in [0, 0.1) is 0 Å². The molecule has 1 aliphatic heterocycles. The van der Waals surface area contributed by atoms with Crippen molar-refractivity contribution in [2.24, 2.45) is 0 Å². The fraction of sp³-hybridized carbons (Fsp3) is 0.800. The van der Waals surface area contributed by atoms with E-state index in [0.717, 1.165) is 17.9 Å². The molecule has 0 aliphatic carbocycles. The third-order valence-electron chi connectivity index (χ3n) is 5.18. The van der Waals surface area contributed by atoms with Crippen molar-refractivity contribution in [1.29, 1.82) is 0 Å². The van der Waals surface area contributed by atoms with Crippen LogP contribution in [-0.4, -0.2) is 44.1 Å². The third kappa shape index (κ3) is 5.40. The molecule has 1 aromatic rings. The molecule has 0 fully saturated rings. The van der Waals surface area contributed by atoms with Gasteiger partial charge in [0.1, 0.15) is 6.61 Å². The van der Waals surface area contributed by atoms with E-state index in [-0.39, 0.29) is 30.0 Å². The largest absolute Gasteiger partial charge is 0.485 e. The number of hydrogen-bond acceptors (Lipinski definition) is 6. The number of thiophene rings is 1. The topological polar surface area (TPSA) is 82.1 Å². The lowest BCUT2D eigenvalue weighted by atomic mass is 9.87. The molecule has 2 atom stereocenters. The second-order valence-corrected chi connectivity index (χ2v) is 12.0. The van der Waals surface area contributed by atoms with E-state index >= 15 is 0 Å². The van der Waals surface area contributed by atoms with Crippen LogP contribution in [0.2, 0.25) is 0 Å². The Kier molecular flexibility index (Phi) is 7.12. The predicted octanol–water partition coefficient (Wildman–Crippen LogP) is 4.56. The first-order valence-electron chi connectivity index (χ1n) is 9.78. The zero-order chi connectivity index (χ0) is 21.3. The summed E-state index contributed by atoms with van der Waals surface area (Å²) in [5.41, 5.74) is -0.0509. The van der Waals surface area contributed by atoms with Gasteiger partial charge in [-0.1, -0.05) is 41.5 Å². The number of rotatable bonds is 8. The molecule has 0 aromatic carbocycles. The van der Waals surface area contributed by atoms with E-state index in [4.69, 9.17) is 18.8 Å². The van der Waals surface area contributed by atoms with E-state index in [1.54, 1.807) is 11.3 Å². The van der Waals surface area contributed by atoms with Gasteiger partial charge in [-0.15, -0.1) is 11.3 Å². The predicted molar refractivity (Wildman–Crippen MR) is 113 cm³/mol. The highest BCUT2D eigenvalue weighted by atomic mass is 32.2. The molecule has 2 unspecified atom stereocenters. The Bertz CT molecular complexity index is 773. The SMILES string of the molecule is CCC(C)(C)c1sc(C(C)(C)C)c2c1OCC(COCCC(C)S(=O)(=O)O)O2. The van der Waals surface area contributed by atoms with Gasteiger partial charge in [0.05, 0.1) is 21.6 Å². The second kappa shape index (κ2) is 8.50. The van der Waals surface area contributed by atoms with E-state index in [9.17, 15) is 8.42 Å². The van der Waals surface area contributed by atoms with Crippen LogP contribution in [0.3, 0.4) is 0 Å². The number of ether oxygens (including phenoxy) is 3. The molecule has 28 heavy (non-hydrogen) atoms. The Morgan fingerprint density at radius 1 is 1.21 bits per heavy atom. The molecule has 0 saturated carbocycles. The summed E-state index contributed by atoms with van der Waals surface area (Å²) in [7, 11) is -4.02. The molecule has 1 N–H and O–H groups in total. The van der Waals surface area contributed by atoms with Crippen molar-refractivity contribution in [3.63, 3.8) is 0 Å². The van der Waals surface area contributed by atoms with Crippen LogP contribution < -0.4 is 9.47 Å². The monoisotopic (exact) mass is 434 g/mol. The first-order valence-corrected chi connectivity index (χ1v) is 12.1. The lowest BCUT2D eigenvalue weighted by Gasteiger charge is -2.29. The number of hydrogen-bond donors (Lipinski definition) is 1. The van der Waals surface area contributed by atoms with E-state index in [0.29, 0.717) is 13.2 Å². The molecule has 162 valence electrons. The van der Waals surface area contributed by atoms with Gasteiger partial charge in [0.15, 0.2) is 17.6 Å². The maximum atomic E-state index is 11.1. The Balaban J connectivity index is 2.09. The zero-order valence-electron chi connectivity index (χ0n) is 18.0. The zero-order valence-corrected chi connectivity index (χ0v) is 19.6. The maximum Gasteiger partial charge on any atom is 0.267 e. The Hall–Kier alpha value is -0.830. The summed E-state index contributed by atoms with van der Waals surface area (Å²) in [5.74, 6) is 1.68. The molecule has 2 heterocycles. The fourth-order valence-electron chi connectivity index (χ4n) is 2.81. The van der Waals surface area contributed by atoms with Gasteiger partial charge in [-0.2, -0.15) is 8.42 Å². The second-order valence-electron chi connectivity index (χ2n) is 9.15. The minimum absolute atomic E-state index is 0.0108. The smallest absolute Gasteiger partial charge is 0.267 e. The summed E-state index contributed by atoms with van der Waals surface area (Å²) < 4.78 is 49.1. The van der Waals surface area contributed by atoms with Gasteiger partial charge < -0.3 is 14.2 Å². The lowest BCUT2D eigenvalue weighted by molar-refractivity contribution is 0.00715. The minimum atomic E-state index is -4.02. The normalized spacial score (nSPS) is 18.9. The van der Waals surface area contributed by atoms with Gasteiger partial charge in [-0.05, 0) is 19.8 Å². The maximum absolute atomic E-state index is 11.1. The standard InChI is InChI=1S/C20H34O6S2/c1-8-20(6,7)18-15-16(17(27-18)19(3,4)5)26-14(12-25-15)11-24-10-9-13(2)28(21,22)23/h13-14H,8-12H2,1-7H3,(H,21,22,23). The van der Waals surface area contributed by atoms with Gasteiger partial charge in [-0.25, -0.2) is 0 Å². The molecule has 0 spiro atoms.